The van der Waals surface area contributed by atoms with Crippen LogP contribution in [0.25, 0.3) is 21.2 Å². The van der Waals surface area contributed by atoms with Gasteiger partial charge in [-0.25, -0.2) is 4.39 Å². The molecule has 0 aliphatic carbocycles. The van der Waals surface area contributed by atoms with E-state index >= 15 is 0 Å². The number of nitrogens with one attached hydrogen (secondary N) is 2. The van der Waals surface area contributed by atoms with E-state index in [-0.39, 0.29) is 11.9 Å². The van der Waals surface area contributed by atoms with Crippen LogP contribution in [0.15, 0.2) is 48.5 Å². The van der Waals surface area contributed by atoms with Gasteiger partial charge in [-0.3, -0.25) is 0 Å². The molecule has 1 fully saturated rings. The first-order chi connectivity index (χ1) is 17.0. The molecule has 2 aromatic carbocycles. The molecule has 6 nitrogen and oxygen atoms in total. The Hall–Kier alpha value is -3.07. The number of rotatable bonds is 7. The van der Waals surface area contributed by atoms with E-state index in [0.717, 1.165) is 63.9 Å². The van der Waals surface area contributed by atoms with Gasteiger partial charge < -0.3 is 20.3 Å². The van der Waals surface area contributed by atoms with Crippen molar-refractivity contribution in [2.75, 3.05) is 43.6 Å². The summed E-state index contributed by atoms with van der Waals surface area (Å²) in [7, 11) is 1.83. The van der Waals surface area contributed by atoms with Crippen molar-refractivity contribution in [3.05, 3.63) is 70.5 Å². The Morgan fingerprint density at radius 1 is 1.09 bits per heavy atom. The van der Waals surface area contributed by atoms with E-state index in [0.29, 0.717) is 12.1 Å². The first-order valence-electron chi connectivity index (χ1n) is 11.9. The van der Waals surface area contributed by atoms with E-state index in [4.69, 9.17) is 4.74 Å². The number of aryl methyl sites for hydroxylation is 1. The number of benzene rings is 2. The van der Waals surface area contributed by atoms with Gasteiger partial charge >= 0.3 is 0 Å². The highest BCUT2D eigenvalue weighted by Crippen LogP contribution is 2.36. The first-order valence-corrected chi connectivity index (χ1v) is 12.7. The summed E-state index contributed by atoms with van der Waals surface area (Å²) in [5.41, 5.74) is 3.70. The Balaban J connectivity index is 1.43. The molecule has 8 heteroatoms. The van der Waals surface area contributed by atoms with Gasteiger partial charge in [0.1, 0.15) is 5.82 Å². The molecule has 5 rings (SSSR count). The molecule has 0 bridgehead atoms. The lowest BCUT2D eigenvalue weighted by atomic mass is 10.1. The van der Waals surface area contributed by atoms with Gasteiger partial charge in [-0.2, -0.15) is 5.10 Å². The predicted octanol–water partition coefficient (Wildman–Crippen LogP) is 5.53. The SMILES string of the molecule is CNCc1c(F)cccc1-c1ccc([C@@H](C)Nc2nnc(C)c3ccc(N4CCOCC4)cc23)s1. The fourth-order valence-electron chi connectivity index (χ4n) is 4.55. The van der Waals surface area contributed by atoms with Gasteiger partial charge in [0.15, 0.2) is 5.82 Å². The average molecular weight is 492 g/mol. The quantitative estimate of drug-likeness (QED) is 0.354. The van der Waals surface area contributed by atoms with Crippen LogP contribution in [0.1, 0.15) is 29.1 Å². The highest BCUT2D eigenvalue weighted by atomic mass is 32.1. The van der Waals surface area contributed by atoms with Gasteiger partial charge in [0.25, 0.3) is 0 Å². The van der Waals surface area contributed by atoms with E-state index in [2.05, 4.69) is 63.0 Å². The van der Waals surface area contributed by atoms with Crippen molar-refractivity contribution in [1.29, 1.82) is 0 Å². The Morgan fingerprint density at radius 2 is 1.91 bits per heavy atom. The molecule has 2 aromatic heterocycles. The minimum atomic E-state index is -0.185. The molecule has 0 saturated carbocycles. The summed E-state index contributed by atoms with van der Waals surface area (Å²) in [6.45, 7) is 7.86. The smallest absolute Gasteiger partial charge is 0.157 e. The molecular weight excluding hydrogens is 461 g/mol. The Morgan fingerprint density at radius 3 is 2.71 bits per heavy atom. The van der Waals surface area contributed by atoms with Gasteiger partial charge in [0, 0.05) is 51.4 Å². The molecular formula is C27H30FN5OS. The van der Waals surface area contributed by atoms with Crippen molar-refractivity contribution in [2.45, 2.75) is 26.4 Å². The number of hydrogen-bond donors (Lipinski definition) is 2. The molecule has 0 unspecified atom stereocenters. The number of anilines is 2. The van der Waals surface area contributed by atoms with Crippen molar-refractivity contribution >= 4 is 33.6 Å². The number of fused-ring (bicyclic) bond motifs is 1. The summed E-state index contributed by atoms with van der Waals surface area (Å²) < 4.78 is 20.0. The lowest BCUT2D eigenvalue weighted by Gasteiger charge is -2.29. The molecule has 4 aromatic rings. The van der Waals surface area contributed by atoms with Crippen molar-refractivity contribution in [2.24, 2.45) is 0 Å². The number of hydrogen-bond acceptors (Lipinski definition) is 7. The summed E-state index contributed by atoms with van der Waals surface area (Å²) in [5.74, 6) is 0.584. The van der Waals surface area contributed by atoms with Crippen molar-refractivity contribution < 1.29 is 9.13 Å². The van der Waals surface area contributed by atoms with Crippen LogP contribution in [-0.4, -0.2) is 43.5 Å². The van der Waals surface area contributed by atoms with Crippen LogP contribution in [0.5, 0.6) is 0 Å². The molecule has 0 amide bonds. The minimum absolute atomic E-state index is 0.0160. The van der Waals surface area contributed by atoms with E-state index < -0.39 is 0 Å². The lowest BCUT2D eigenvalue weighted by Crippen LogP contribution is -2.36. The van der Waals surface area contributed by atoms with Crippen LogP contribution in [0.2, 0.25) is 0 Å². The van der Waals surface area contributed by atoms with E-state index in [1.807, 2.05) is 20.0 Å². The number of nitrogens with zero attached hydrogens (tertiary/aromatic N) is 3. The van der Waals surface area contributed by atoms with Gasteiger partial charge in [-0.05, 0) is 56.8 Å². The number of morpholine rings is 1. The zero-order chi connectivity index (χ0) is 24.4. The molecule has 182 valence electrons. The first kappa shape index (κ1) is 23.7. The second-order valence-corrected chi connectivity index (χ2v) is 9.94. The maximum absolute atomic E-state index is 14.5. The van der Waals surface area contributed by atoms with Crippen LogP contribution >= 0.6 is 11.3 Å². The molecule has 3 heterocycles. The standard InChI is InChI=1S/C27H30FN5OS/c1-17-20-8-7-19(33-11-13-34-14-12-33)15-22(20)27(32-31-17)30-18(2)25-9-10-26(35-25)21-5-4-6-24(28)23(21)16-29-3/h4-10,15,18,29H,11-14,16H2,1-3H3,(H,30,32)/t18-/m1/s1. The summed E-state index contributed by atoms with van der Waals surface area (Å²) >= 11 is 1.67. The second kappa shape index (κ2) is 10.3. The van der Waals surface area contributed by atoms with Crippen LogP contribution in [0.4, 0.5) is 15.9 Å². The summed E-state index contributed by atoms with van der Waals surface area (Å²) in [6.07, 6.45) is 0. The zero-order valence-corrected chi connectivity index (χ0v) is 21.1. The van der Waals surface area contributed by atoms with Crippen LogP contribution in [0, 0.1) is 12.7 Å². The largest absolute Gasteiger partial charge is 0.378 e. The third-order valence-corrected chi connectivity index (χ3v) is 7.77. The summed E-state index contributed by atoms with van der Waals surface area (Å²) in [5, 5.41) is 17.7. The fraction of sp³-hybridized carbons (Fsp3) is 0.333. The van der Waals surface area contributed by atoms with Crippen molar-refractivity contribution in [3.63, 3.8) is 0 Å². The maximum Gasteiger partial charge on any atom is 0.157 e. The molecule has 1 atom stereocenters. The molecule has 1 aliphatic rings. The van der Waals surface area contributed by atoms with Crippen LogP contribution in [0.3, 0.4) is 0 Å². The topological polar surface area (TPSA) is 62.3 Å². The normalized spacial score (nSPS) is 14.9. The maximum atomic E-state index is 14.5. The van der Waals surface area contributed by atoms with Gasteiger partial charge in [-0.1, -0.05) is 18.2 Å². The third-order valence-electron chi connectivity index (χ3n) is 6.47. The predicted molar refractivity (Wildman–Crippen MR) is 142 cm³/mol. The lowest BCUT2D eigenvalue weighted by molar-refractivity contribution is 0.122. The molecule has 0 radical (unpaired) electrons. The van der Waals surface area contributed by atoms with E-state index in [9.17, 15) is 4.39 Å². The molecule has 1 aliphatic heterocycles. The summed E-state index contributed by atoms with van der Waals surface area (Å²) in [4.78, 5) is 4.55. The molecule has 35 heavy (non-hydrogen) atoms. The third kappa shape index (κ3) is 4.87. The van der Waals surface area contributed by atoms with Gasteiger partial charge in [0.05, 0.1) is 24.9 Å². The zero-order valence-electron chi connectivity index (χ0n) is 20.3. The van der Waals surface area contributed by atoms with Crippen molar-refractivity contribution in [1.82, 2.24) is 15.5 Å². The number of halogens is 1. The molecule has 1 saturated heterocycles. The summed E-state index contributed by atoms with van der Waals surface area (Å²) in [6, 6.07) is 16.0. The Bertz CT molecular complexity index is 1330. The van der Waals surface area contributed by atoms with Gasteiger partial charge in [0.2, 0.25) is 0 Å². The van der Waals surface area contributed by atoms with Gasteiger partial charge in [-0.15, -0.1) is 16.4 Å². The van der Waals surface area contributed by atoms with Crippen molar-refractivity contribution in [3.8, 4) is 10.4 Å². The van der Waals surface area contributed by atoms with Crippen LogP contribution < -0.4 is 15.5 Å². The average Bonchev–Trinajstić information content (AvgIpc) is 3.38. The molecule has 2 N–H and O–H groups in total. The highest BCUT2D eigenvalue weighted by molar-refractivity contribution is 7.15. The Labute approximate surface area is 209 Å². The van der Waals surface area contributed by atoms with E-state index in [1.54, 1.807) is 17.4 Å². The second-order valence-electron chi connectivity index (χ2n) is 8.83. The number of aromatic nitrogens is 2. The molecule has 0 spiro atoms. The fourth-order valence-corrected chi connectivity index (χ4v) is 5.62. The number of thiophene rings is 1. The highest BCUT2D eigenvalue weighted by Gasteiger charge is 2.18. The van der Waals surface area contributed by atoms with E-state index in [1.165, 1.54) is 11.8 Å². The van der Waals surface area contributed by atoms with Crippen LogP contribution in [-0.2, 0) is 11.3 Å². The Kier molecular flexibility index (Phi) is 6.95. The monoisotopic (exact) mass is 491 g/mol. The number of ether oxygens (including phenoxy) is 1. The minimum Gasteiger partial charge on any atom is -0.378 e.